The van der Waals surface area contributed by atoms with Gasteiger partial charge in [-0.3, -0.25) is 0 Å². The van der Waals surface area contributed by atoms with Gasteiger partial charge < -0.3 is 15.5 Å². The fourth-order valence-electron chi connectivity index (χ4n) is 2.56. The van der Waals surface area contributed by atoms with Gasteiger partial charge in [0, 0.05) is 12.2 Å². The number of phenolic OH excluding ortho intramolecular Hbond substituents is 2. The lowest BCUT2D eigenvalue weighted by Crippen LogP contribution is -1.99. The summed E-state index contributed by atoms with van der Waals surface area (Å²) in [7, 11) is 0. The molecule has 0 unspecified atom stereocenters. The Labute approximate surface area is 142 Å². The topological polar surface area (TPSA) is 52.5 Å². The van der Waals surface area contributed by atoms with E-state index in [2.05, 4.69) is 29.6 Å². The molecule has 24 heavy (non-hydrogen) atoms. The van der Waals surface area contributed by atoms with Crippen molar-refractivity contribution < 1.29 is 10.2 Å². The highest BCUT2D eigenvalue weighted by Crippen LogP contribution is 2.16. The number of aromatic hydroxyl groups is 2. The summed E-state index contributed by atoms with van der Waals surface area (Å²) in [5, 5.41) is 21.9. The highest BCUT2D eigenvalue weighted by molar-refractivity contribution is 5.46. The second-order valence-corrected chi connectivity index (χ2v) is 5.88. The minimum atomic E-state index is 0.276. The molecule has 0 aromatic heterocycles. The van der Waals surface area contributed by atoms with Gasteiger partial charge in [-0.05, 0) is 65.9 Å². The Morgan fingerprint density at radius 3 is 1.50 bits per heavy atom. The van der Waals surface area contributed by atoms with E-state index in [1.165, 1.54) is 16.7 Å². The average Bonchev–Trinajstić information content (AvgIpc) is 2.62. The summed E-state index contributed by atoms with van der Waals surface area (Å²) in [6.07, 6.45) is 1.95. The van der Waals surface area contributed by atoms with Crippen LogP contribution in [0.3, 0.4) is 0 Å². The van der Waals surface area contributed by atoms with Crippen LogP contribution in [-0.2, 0) is 19.4 Å². The Morgan fingerprint density at radius 1 is 0.542 bits per heavy atom. The Kier molecular flexibility index (Phi) is 5.02. The van der Waals surface area contributed by atoms with E-state index in [0.717, 1.165) is 25.1 Å². The van der Waals surface area contributed by atoms with E-state index < -0.39 is 0 Å². The SMILES string of the molecule is Oc1ccc(CCc2ccc(CNc3ccc(O)cc3)cc2)cc1. The molecule has 0 spiro atoms. The summed E-state index contributed by atoms with van der Waals surface area (Å²) in [4.78, 5) is 0. The molecule has 0 aliphatic carbocycles. The molecule has 3 N–H and O–H groups in total. The van der Waals surface area contributed by atoms with E-state index >= 15 is 0 Å². The van der Waals surface area contributed by atoms with Crippen LogP contribution in [0.2, 0.25) is 0 Å². The monoisotopic (exact) mass is 319 g/mol. The van der Waals surface area contributed by atoms with Crippen molar-refractivity contribution >= 4 is 5.69 Å². The van der Waals surface area contributed by atoms with Crippen LogP contribution in [0.25, 0.3) is 0 Å². The lowest BCUT2D eigenvalue weighted by atomic mass is 10.0. The van der Waals surface area contributed by atoms with E-state index in [1.54, 1.807) is 24.3 Å². The Balaban J connectivity index is 1.51. The summed E-state index contributed by atoms with van der Waals surface area (Å²) in [5.74, 6) is 0.586. The van der Waals surface area contributed by atoms with E-state index in [1.807, 2.05) is 24.3 Å². The number of aryl methyl sites for hydroxylation is 2. The summed E-state index contributed by atoms with van der Waals surface area (Å²) < 4.78 is 0. The highest BCUT2D eigenvalue weighted by Gasteiger charge is 1.99. The molecular formula is C21H21NO2. The normalized spacial score (nSPS) is 10.5. The second-order valence-electron chi connectivity index (χ2n) is 5.88. The molecule has 122 valence electrons. The third-order valence-corrected chi connectivity index (χ3v) is 4.03. The minimum absolute atomic E-state index is 0.276. The van der Waals surface area contributed by atoms with Gasteiger partial charge in [-0.15, -0.1) is 0 Å². The molecule has 3 nitrogen and oxygen atoms in total. The molecule has 0 radical (unpaired) electrons. The molecule has 0 saturated heterocycles. The predicted octanol–water partition coefficient (Wildman–Crippen LogP) is 4.50. The van der Waals surface area contributed by atoms with Crippen LogP contribution in [0.1, 0.15) is 16.7 Å². The fourth-order valence-corrected chi connectivity index (χ4v) is 2.56. The number of anilines is 1. The summed E-state index contributed by atoms with van der Waals surface area (Å²) >= 11 is 0. The van der Waals surface area contributed by atoms with E-state index in [4.69, 9.17) is 0 Å². The molecule has 0 aliphatic heterocycles. The first-order chi connectivity index (χ1) is 11.7. The molecule has 0 aliphatic rings. The van der Waals surface area contributed by atoms with Crippen molar-refractivity contribution in [1.29, 1.82) is 0 Å². The molecule has 3 aromatic carbocycles. The van der Waals surface area contributed by atoms with Crippen LogP contribution in [0, 0.1) is 0 Å². The molecule has 3 aromatic rings. The lowest BCUT2D eigenvalue weighted by Gasteiger charge is -2.08. The van der Waals surface area contributed by atoms with Gasteiger partial charge in [0.05, 0.1) is 0 Å². The first-order valence-corrected chi connectivity index (χ1v) is 8.08. The van der Waals surface area contributed by atoms with Crippen LogP contribution in [0.5, 0.6) is 11.5 Å². The summed E-state index contributed by atoms with van der Waals surface area (Å²) in [5.41, 5.74) is 4.74. The van der Waals surface area contributed by atoms with Gasteiger partial charge in [-0.25, -0.2) is 0 Å². The number of nitrogens with one attached hydrogen (secondary N) is 1. The van der Waals surface area contributed by atoms with Crippen LogP contribution in [0.4, 0.5) is 5.69 Å². The third-order valence-electron chi connectivity index (χ3n) is 4.03. The van der Waals surface area contributed by atoms with Gasteiger partial charge in [0.1, 0.15) is 11.5 Å². The Morgan fingerprint density at radius 2 is 0.958 bits per heavy atom. The van der Waals surface area contributed by atoms with Crippen LogP contribution < -0.4 is 5.32 Å². The first kappa shape index (κ1) is 15.9. The maximum atomic E-state index is 9.30. The number of hydrogen-bond donors (Lipinski definition) is 3. The van der Waals surface area contributed by atoms with Gasteiger partial charge in [-0.2, -0.15) is 0 Å². The first-order valence-electron chi connectivity index (χ1n) is 8.08. The van der Waals surface area contributed by atoms with Crippen molar-refractivity contribution in [3.05, 3.63) is 89.5 Å². The van der Waals surface area contributed by atoms with Crippen molar-refractivity contribution in [3.63, 3.8) is 0 Å². The highest BCUT2D eigenvalue weighted by atomic mass is 16.3. The quantitative estimate of drug-likeness (QED) is 0.587. The van der Waals surface area contributed by atoms with Crippen molar-refractivity contribution in [1.82, 2.24) is 0 Å². The maximum absolute atomic E-state index is 9.30. The van der Waals surface area contributed by atoms with Crippen LogP contribution >= 0.6 is 0 Å². The average molecular weight is 319 g/mol. The Bertz CT molecular complexity index is 694. The molecule has 0 atom stereocenters. The predicted molar refractivity (Wildman–Crippen MR) is 97.4 cm³/mol. The molecule has 3 rings (SSSR count). The lowest BCUT2D eigenvalue weighted by molar-refractivity contribution is 0.474. The minimum Gasteiger partial charge on any atom is -0.508 e. The van der Waals surface area contributed by atoms with E-state index in [9.17, 15) is 10.2 Å². The van der Waals surface area contributed by atoms with Crippen LogP contribution in [-0.4, -0.2) is 10.2 Å². The Hall–Kier alpha value is -2.94. The van der Waals surface area contributed by atoms with Gasteiger partial charge in [0.25, 0.3) is 0 Å². The van der Waals surface area contributed by atoms with Crippen molar-refractivity contribution in [2.24, 2.45) is 0 Å². The number of hydrogen-bond acceptors (Lipinski definition) is 3. The zero-order valence-electron chi connectivity index (χ0n) is 13.4. The smallest absolute Gasteiger partial charge is 0.115 e. The molecule has 3 heteroatoms. The van der Waals surface area contributed by atoms with Crippen molar-refractivity contribution in [2.45, 2.75) is 19.4 Å². The number of phenols is 2. The van der Waals surface area contributed by atoms with Crippen molar-refractivity contribution in [2.75, 3.05) is 5.32 Å². The molecule has 0 saturated carbocycles. The largest absolute Gasteiger partial charge is 0.508 e. The van der Waals surface area contributed by atoms with Crippen LogP contribution in [0.15, 0.2) is 72.8 Å². The zero-order chi connectivity index (χ0) is 16.8. The van der Waals surface area contributed by atoms with Gasteiger partial charge >= 0.3 is 0 Å². The van der Waals surface area contributed by atoms with Gasteiger partial charge in [0.2, 0.25) is 0 Å². The molecular weight excluding hydrogens is 298 g/mol. The second kappa shape index (κ2) is 7.55. The third kappa shape index (κ3) is 4.53. The van der Waals surface area contributed by atoms with Gasteiger partial charge in [-0.1, -0.05) is 36.4 Å². The standard InChI is InChI=1S/C21H21NO2/c23-20-11-7-17(8-12-20)2-1-16-3-5-18(6-4-16)15-22-19-9-13-21(24)14-10-19/h3-14,22-24H,1-2,15H2. The van der Waals surface area contributed by atoms with Gasteiger partial charge in [0.15, 0.2) is 0 Å². The summed E-state index contributed by atoms with van der Waals surface area (Å²) in [6.45, 7) is 0.753. The summed E-state index contributed by atoms with van der Waals surface area (Å²) in [6, 6.07) is 23.1. The maximum Gasteiger partial charge on any atom is 0.115 e. The molecule has 0 amide bonds. The molecule has 0 heterocycles. The fraction of sp³-hybridized carbons (Fsp3) is 0.143. The molecule has 0 fully saturated rings. The molecule has 0 bridgehead atoms. The number of rotatable bonds is 6. The van der Waals surface area contributed by atoms with E-state index in [-0.39, 0.29) is 5.75 Å². The zero-order valence-corrected chi connectivity index (χ0v) is 13.4. The van der Waals surface area contributed by atoms with Crippen molar-refractivity contribution in [3.8, 4) is 11.5 Å². The number of benzene rings is 3. The van der Waals surface area contributed by atoms with E-state index in [0.29, 0.717) is 5.75 Å².